The third-order valence-electron chi connectivity index (χ3n) is 5.45. The Hall–Kier alpha value is -2.60. The minimum absolute atomic E-state index is 0.175. The van der Waals surface area contributed by atoms with Crippen molar-refractivity contribution in [2.75, 3.05) is 11.4 Å². The summed E-state index contributed by atoms with van der Waals surface area (Å²) in [6.07, 6.45) is 7.37. The summed E-state index contributed by atoms with van der Waals surface area (Å²) in [6.45, 7) is 9.39. The van der Waals surface area contributed by atoms with Gasteiger partial charge in [0, 0.05) is 36.1 Å². The molecule has 0 saturated heterocycles. The van der Waals surface area contributed by atoms with E-state index < -0.39 is 5.60 Å². The molecule has 1 atom stereocenters. The van der Waals surface area contributed by atoms with Gasteiger partial charge in [-0.2, -0.15) is 5.10 Å². The van der Waals surface area contributed by atoms with Crippen LogP contribution in [0.15, 0.2) is 36.7 Å². The molecule has 1 aromatic carbocycles. The third-order valence-corrected chi connectivity index (χ3v) is 5.45. The van der Waals surface area contributed by atoms with Crippen LogP contribution < -0.4 is 4.90 Å². The number of anilines is 2. The molecule has 0 fully saturated rings. The number of nitrogens with one attached hydrogen (secondary N) is 2. The Bertz CT molecular complexity index is 962. The number of fused-ring (bicyclic) bond motifs is 1. The number of aromatic nitrogens is 4. The highest BCUT2D eigenvalue weighted by molar-refractivity contribution is 5.64. The summed E-state index contributed by atoms with van der Waals surface area (Å²) in [7, 11) is 0. The number of hydrogen-bond donors (Lipinski definition) is 3. The van der Waals surface area contributed by atoms with Crippen molar-refractivity contribution in [1.29, 1.82) is 0 Å². The fraction of sp³-hybridized carbons (Fsp3) is 0.478. The average molecular weight is 394 g/mol. The standard InChI is InChI=1S/C23H31N5O/c1-22(2,3)13-18-15-24-21(26-18)23(4,29)12-16-7-9-19(10-8-16)28-11-5-6-17-14-25-27-20(17)28/h7-10,14-15,29H,5-6,11-13H2,1-4H3,(H,24,26)(H,25,27). The summed E-state index contributed by atoms with van der Waals surface area (Å²) < 4.78 is 0. The predicted octanol–water partition coefficient (Wildman–Crippen LogP) is 4.26. The van der Waals surface area contributed by atoms with Gasteiger partial charge in [0.05, 0.1) is 6.20 Å². The highest BCUT2D eigenvalue weighted by atomic mass is 16.3. The highest BCUT2D eigenvalue weighted by Crippen LogP contribution is 2.32. The largest absolute Gasteiger partial charge is 0.382 e. The molecule has 2 aromatic heterocycles. The van der Waals surface area contributed by atoms with Crippen LogP contribution in [0.25, 0.3) is 0 Å². The van der Waals surface area contributed by atoms with Crippen molar-refractivity contribution in [3.8, 4) is 0 Å². The molecule has 29 heavy (non-hydrogen) atoms. The van der Waals surface area contributed by atoms with Crippen molar-refractivity contribution >= 4 is 11.5 Å². The first-order valence-corrected chi connectivity index (χ1v) is 10.4. The lowest BCUT2D eigenvalue weighted by Gasteiger charge is -2.28. The molecule has 0 amide bonds. The molecule has 1 aliphatic heterocycles. The third kappa shape index (κ3) is 4.37. The number of benzene rings is 1. The second-order valence-corrected chi connectivity index (χ2v) is 9.61. The Balaban J connectivity index is 1.47. The summed E-state index contributed by atoms with van der Waals surface area (Å²) in [6, 6.07) is 8.42. The van der Waals surface area contributed by atoms with E-state index in [0.29, 0.717) is 12.2 Å². The van der Waals surface area contributed by atoms with Gasteiger partial charge in [0.1, 0.15) is 17.2 Å². The smallest absolute Gasteiger partial charge is 0.138 e. The van der Waals surface area contributed by atoms with Gasteiger partial charge in [-0.3, -0.25) is 5.10 Å². The van der Waals surface area contributed by atoms with Gasteiger partial charge in [0.15, 0.2) is 0 Å². The van der Waals surface area contributed by atoms with Crippen LogP contribution in [0.2, 0.25) is 0 Å². The fourth-order valence-corrected chi connectivity index (χ4v) is 4.09. The molecular formula is C23H31N5O. The number of aryl methyl sites for hydroxylation is 1. The zero-order chi connectivity index (χ0) is 20.6. The monoisotopic (exact) mass is 393 g/mol. The van der Waals surface area contributed by atoms with Crippen LogP contribution in [-0.4, -0.2) is 31.8 Å². The summed E-state index contributed by atoms with van der Waals surface area (Å²) >= 11 is 0. The first-order chi connectivity index (χ1) is 13.7. The fourth-order valence-electron chi connectivity index (χ4n) is 4.09. The van der Waals surface area contributed by atoms with Gasteiger partial charge in [-0.25, -0.2) is 4.98 Å². The number of hydrogen-bond acceptors (Lipinski definition) is 4. The maximum absolute atomic E-state index is 11.1. The second kappa shape index (κ2) is 7.34. The molecule has 3 heterocycles. The summed E-state index contributed by atoms with van der Waals surface area (Å²) in [5.74, 6) is 1.72. The first-order valence-electron chi connectivity index (χ1n) is 10.4. The molecule has 0 bridgehead atoms. The zero-order valence-electron chi connectivity index (χ0n) is 17.8. The Kier molecular flexibility index (Phi) is 4.99. The Morgan fingerprint density at radius 3 is 2.55 bits per heavy atom. The molecule has 1 unspecified atom stereocenters. The van der Waals surface area contributed by atoms with Crippen LogP contribution in [0.1, 0.15) is 56.8 Å². The number of aliphatic hydroxyl groups is 1. The Labute approximate surface area is 172 Å². The van der Waals surface area contributed by atoms with Crippen molar-refractivity contribution in [3.05, 3.63) is 59.3 Å². The van der Waals surface area contributed by atoms with E-state index in [2.05, 4.69) is 70.1 Å². The molecule has 6 nitrogen and oxygen atoms in total. The van der Waals surface area contributed by atoms with Crippen LogP contribution in [-0.2, 0) is 24.9 Å². The average Bonchev–Trinajstić information content (AvgIpc) is 3.30. The molecule has 4 rings (SSSR count). The van der Waals surface area contributed by atoms with Crippen molar-refractivity contribution in [2.24, 2.45) is 5.41 Å². The van der Waals surface area contributed by atoms with E-state index in [4.69, 9.17) is 0 Å². The van der Waals surface area contributed by atoms with Gasteiger partial charge in [-0.1, -0.05) is 32.9 Å². The maximum atomic E-state index is 11.1. The van der Waals surface area contributed by atoms with Crippen molar-refractivity contribution in [3.63, 3.8) is 0 Å². The number of rotatable bonds is 5. The zero-order valence-corrected chi connectivity index (χ0v) is 17.8. The predicted molar refractivity (Wildman–Crippen MR) is 115 cm³/mol. The van der Waals surface area contributed by atoms with E-state index in [1.54, 1.807) is 0 Å². The van der Waals surface area contributed by atoms with E-state index in [1.807, 2.05) is 19.3 Å². The SMILES string of the molecule is CC(C)(C)Cc1cnc(C(C)(O)Cc2ccc(N3CCCc4cn[nH]c43)cc2)[nH]1. The molecule has 0 saturated carbocycles. The summed E-state index contributed by atoms with van der Waals surface area (Å²) in [5, 5.41) is 18.4. The van der Waals surface area contributed by atoms with Crippen molar-refractivity contribution in [1.82, 2.24) is 20.2 Å². The van der Waals surface area contributed by atoms with Gasteiger partial charge < -0.3 is 15.0 Å². The van der Waals surface area contributed by atoms with Crippen LogP contribution in [0, 0.1) is 5.41 Å². The van der Waals surface area contributed by atoms with Crippen LogP contribution in [0.5, 0.6) is 0 Å². The summed E-state index contributed by atoms with van der Waals surface area (Å²) in [5.41, 5.74) is 3.68. The molecule has 1 aliphatic rings. The van der Waals surface area contributed by atoms with Crippen LogP contribution >= 0.6 is 0 Å². The number of H-pyrrole nitrogens is 2. The molecule has 6 heteroatoms. The minimum atomic E-state index is -1.04. The number of nitrogens with zero attached hydrogens (tertiary/aromatic N) is 3. The molecular weight excluding hydrogens is 362 g/mol. The maximum Gasteiger partial charge on any atom is 0.138 e. The lowest BCUT2D eigenvalue weighted by molar-refractivity contribution is 0.0488. The lowest BCUT2D eigenvalue weighted by Crippen LogP contribution is -2.26. The Morgan fingerprint density at radius 1 is 1.07 bits per heavy atom. The normalized spacial score (nSPS) is 16.5. The van der Waals surface area contributed by atoms with Crippen molar-refractivity contribution in [2.45, 2.75) is 59.0 Å². The van der Waals surface area contributed by atoms with Gasteiger partial charge in [0.2, 0.25) is 0 Å². The van der Waals surface area contributed by atoms with E-state index in [-0.39, 0.29) is 5.41 Å². The van der Waals surface area contributed by atoms with Gasteiger partial charge in [0.25, 0.3) is 0 Å². The topological polar surface area (TPSA) is 80.8 Å². The minimum Gasteiger partial charge on any atom is -0.382 e. The molecule has 3 aromatic rings. The Morgan fingerprint density at radius 2 is 1.83 bits per heavy atom. The van der Waals surface area contributed by atoms with E-state index in [9.17, 15) is 5.11 Å². The molecule has 154 valence electrons. The first kappa shape index (κ1) is 19.7. The lowest BCUT2D eigenvalue weighted by atomic mass is 9.91. The molecule has 0 aliphatic carbocycles. The van der Waals surface area contributed by atoms with E-state index >= 15 is 0 Å². The van der Waals surface area contributed by atoms with Crippen LogP contribution in [0.4, 0.5) is 11.5 Å². The number of aromatic amines is 2. The van der Waals surface area contributed by atoms with Crippen LogP contribution in [0.3, 0.4) is 0 Å². The molecule has 3 N–H and O–H groups in total. The van der Waals surface area contributed by atoms with Gasteiger partial charge in [-0.05, 0) is 49.3 Å². The second-order valence-electron chi connectivity index (χ2n) is 9.61. The molecule has 0 spiro atoms. The summed E-state index contributed by atoms with van der Waals surface area (Å²) in [4.78, 5) is 10.1. The quantitative estimate of drug-likeness (QED) is 0.605. The van der Waals surface area contributed by atoms with E-state index in [0.717, 1.165) is 48.6 Å². The molecule has 0 radical (unpaired) electrons. The van der Waals surface area contributed by atoms with Gasteiger partial charge >= 0.3 is 0 Å². The van der Waals surface area contributed by atoms with E-state index in [1.165, 1.54) is 5.56 Å². The van der Waals surface area contributed by atoms with Gasteiger partial charge in [-0.15, -0.1) is 0 Å². The number of imidazole rings is 1. The highest BCUT2D eigenvalue weighted by Gasteiger charge is 2.28. The van der Waals surface area contributed by atoms with Crippen molar-refractivity contribution < 1.29 is 5.11 Å².